The molecule has 0 aromatic carbocycles. The van der Waals surface area contributed by atoms with Gasteiger partial charge >= 0.3 is 11.9 Å². The summed E-state index contributed by atoms with van der Waals surface area (Å²) < 4.78 is 0. The van der Waals surface area contributed by atoms with Crippen LogP contribution in [0.3, 0.4) is 0 Å². The third-order valence-corrected chi connectivity index (χ3v) is 9.76. The van der Waals surface area contributed by atoms with Crippen LogP contribution in [0.5, 0.6) is 0 Å². The maximum absolute atomic E-state index is 12.0. The predicted molar refractivity (Wildman–Crippen MR) is 131 cm³/mol. The van der Waals surface area contributed by atoms with Gasteiger partial charge < -0.3 is 25.5 Å². The number of carboxylic acids is 2. The summed E-state index contributed by atoms with van der Waals surface area (Å²) >= 11 is 0. The molecule has 4 aliphatic rings. The van der Waals surface area contributed by atoms with Crippen molar-refractivity contribution in [1.82, 2.24) is 5.32 Å². The van der Waals surface area contributed by atoms with Crippen molar-refractivity contribution >= 4 is 23.6 Å². The van der Waals surface area contributed by atoms with Crippen LogP contribution in [0.4, 0.5) is 0 Å². The lowest BCUT2D eigenvalue weighted by Gasteiger charge is -2.58. The van der Waals surface area contributed by atoms with E-state index in [0.717, 1.165) is 44.2 Å². The number of fused-ring (bicyclic) bond motifs is 5. The Kier molecular flexibility index (Phi) is 6.95. The predicted octanol–water partition coefficient (Wildman–Crippen LogP) is 2.73. The van der Waals surface area contributed by atoms with E-state index in [-0.39, 0.29) is 10.8 Å². The van der Waals surface area contributed by atoms with E-state index < -0.39 is 42.5 Å². The van der Waals surface area contributed by atoms with E-state index in [0.29, 0.717) is 30.6 Å². The van der Waals surface area contributed by atoms with Crippen molar-refractivity contribution in [3.63, 3.8) is 0 Å². The van der Waals surface area contributed by atoms with Crippen LogP contribution in [0.2, 0.25) is 0 Å². The molecule has 0 spiro atoms. The van der Waals surface area contributed by atoms with E-state index in [4.69, 9.17) is 21.5 Å². The number of oxime groups is 1. The normalized spacial score (nSPS) is 39.0. The minimum atomic E-state index is -1.52. The van der Waals surface area contributed by atoms with Gasteiger partial charge in [-0.2, -0.15) is 0 Å². The van der Waals surface area contributed by atoms with E-state index >= 15 is 0 Å². The van der Waals surface area contributed by atoms with Gasteiger partial charge in [0.25, 0.3) is 5.91 Å². The number of rotatable bonds is 7. The Morgan fingerprint density at radius 1 is 1.17 bits per heavy atom. The molecule has 0 heterocycles. The number of aliphatic carboxylic acids is 2. The number of aliphatic hydroxyl groups is 1. The van der Waals surface area contributed by atoms with Crippen LogP contribution in [0.15, 0.2) is 16.8 Å². The van der Waals surface area contributed by atoms with Crippen LogP contribution >= 0.6 is 0 Å². The van der Waals surface area contributed by atoms with Gasteiger partial charge in [0.05, 0.1) is 12.1 Å². The molecule has 1 amide bonds. The number of nitrogens with one attached hydrogen (secondary N) is 1. The van der Waals surface area contributed by atoms with E-state index in [1.807, 2.05) is 0 Å². The number of carbonyl (C=O) groups excluding carboxylic acids is 1. The van der Waals surface area contributed by atoms with Crippen LogP contribution in [-0.4, -0.2) is 57.1 Å². The van der Waals surface area contributed by atoms with Crippen LogP contribution in [-0.2, 0) is 19.2 Å². The van der Waals surface area contributed by atoms with Gasteiger partial charge in [-0.1, -0.05) is 30.5 Å². The fraction of sp³-hybridized carbons (Fsp3) is 0.704. The Bertz CT molecular complexity index is 1050. The van der Waals surface area contributed by atoms with Crippen LogP contribution in [0, 0.1) is 40.9 Å². The molecule has 0 aromatic heterocycles. The summed E-state index contributed by atoms with van der Waals surface area (Å²) in [6.45, 7) is 4.05. The van der Waals surface area contributed by atoms with Crippen molar-refractivity contribution in [2.24, 2.45) is 33.7 Å². The van der Waals surface area contributed by atoms with Crippen molar-refractivity contribution in [1.29, 1.82) is 0 Å². The molecule has 9 heteroatoms. The third-order valence-electron chi connectivity index (χ3n) is 9.76. The number of terminal acetylenes is 1. The van der Waals surface area contributed by atoms with Crippen molar-refractivity contribution in [2.75, 3.05) is 6.61 Å². The molecule has 0 aliphatic heterocycles. The zero-order valence-corrected chi connectivity index (χ0v) is 21.0. The van der Waals surface area contributed by atoms with E-state index in [1.54, 1.807) is 0 Å². The minimum Gasteiger partial charge on any atom is -0.481 e. The topological polar surface area (TPSA) is 146 Å². The molecule has 3 saturated carbocycles. The summed E-state index contributed by atoms with van der Waals surface area (Å²) in [6, 6.07) is -1.52. The molecule has 0 saturated heterocycles. The van der Waals surface area contributed by atoms with Crippen LogP contribution < -0.4 is 5.32 Å². The fourth-order valence-corrected chi connectivity index (χ4v) is 7.68. The molecule has 0 radical (unpaired) electrons. The van der Waals surface area contributed by atoms with Crippen molar-refractivity contribution in [3.05, 3.63) is 11.6 Å². The molecule has 4 N–H and O–H groups in total. The highest BCUT2D eigenvalue weighted by atomic mass is 16.6. The average Bonchev–Trinajstić information content (AvgIpc) is 3.09. The quantitative estimate of drug-likeness (QED) is 0.311. The average molecular weight is 501 g/mol. The second-order valence-corrected chi connectivity index (χ2v) is 11.4. The van der Waals surface area contributed by atoms with Gasteiger partial charge in [0.15, 0.2) is 6.61 Å². The van der Waals surface area contributed by atoms with Crippen molar-refractivity contribution in [2.45, 2.75) is 83.3 Å². The first kappa shape index (κ1) is 26.2. The summed E-state index contributed by atoms with van der Waals surface area (Å²) in [7, 11) is 0. The Morgan fingerprint density at radius 3 is 2.56 bits per heavy atom. The van der Waals surface area contributed by atoms with Gasteiger partial charge in [-0.15, -0.1) is 6.42 Å². The van der Waals surface area contributed by atoms with Crippen LogP contribution in [0.25, 0.3) is 0 Å². The maximum atomic E-state index is 12.0. The zero-order chi connectivity index (χ0) is 26.3. The molecule has 9 nitrogen and oxygen atoms in total. The molecular weight excluding hydrogens is 464 g/mol. The van der Waals surface area contributed by atoms with Crippen LogP contribution in [0.1, 0.15) is 71.6 Å². The standard InChI is InChI=1S/C27H36N2O7/c1-4-27(35)12-9-20-18-6-5-16-13-17(7-10-25(16,2)19(18)8-11-26(20,27)3)29-36-15-22(30)28-21(24(33)34)14-23(31)32/h1,13,18-21,35H,5-12,14-15H2,2-3H3,(H,28,30)(H,31,32)(H,33,34)/b29-17-/t18-,19+,20-,21-,25+,26+,27-/m1/s1. The Hall–Kier alpha value is -2.86. The molecule has 0 bridgehead atoms. The largest absolute Gasteiger partial charge is 0.481 e. The number of hydrogen-bond donors (Lipinski definition) is 4. The van der Waals surface area contributed by atoms with Gasteiger partial charge in [-0.3, -0.25) is 9.59 Å². The molecule has 3 fully saturated rings. The van der Waals surface area contributed by atoms with Gasteiger partial charge in [-0.05, 0) is 80.6 Å². The molecule has 196 valence electrons. The Balaban J connectivity index is 1.40. The minimum absolute atomic E-state index is 0.0586. The first-order valence-electron chi connectivity index (χ1n) is 12.8. The first-order valence-corrected chi connectivity index (χ1v) is 12.8. The van der Waals surface area contributed by atoms with Gasteiger partial charge in [0, 0.05) is 5.41 Å². The number of amides is 1. The lowest BCUT2D eigenvalue weighted by Crippen LogP contribution is -2.54. The SMILES string of the molecule is C#C[C@@]1(O)CC[C@@H]2[C@@H]3CCC4=C/C(=N\OCC(=O)N[C@H](CC(=O)O)C(=O)O)CC[C@]4(C)[C@H]3CC[C@@]21C. The fourth-order valence-electron chi connectivity index (χ4n) is 7.68. The molecule has 0 aromatic rings. The summed E-state index contributed by atoms with van der Waals surface area (Å²) in [5.41, 5.74) is 0.928. The first-order chi connectivity index (χ1) is 16.9. The zero-order valence-electron chi connectivity index (χ0n) is 21.0. The molecule has 36 heavy (non-hydrogen) atoms. The Morgan fingerprint density at radius 2 is 1.89 bits per heavy atom. The number of carboxylic acid groups (broad SMARTS) is 2. The molecular formula is C27H36N2O7. The van der Waals surface area contributed by atoms with Gasteiger partial charge in [0.1, 0.15) is 11.6 Å². The summed E-state index contributed by atoms with van der Waals surface area (Å²) in [4.78, 5) is 39.1. The van der Waals surface area contributed by atoms with E-state index in [1.165, 1.54) is 5.57 Å². The van der Waals surface area contributed by atoms with E-state index in [2.05, 4.69) is 36.3 Å². The molecule has 4 aliphatic carbocycles. The lowest BCUT2D eigenvalue weighted by molar-refractivity contribution is -0.147. The summed E-state index contributed by atoms with van der Waals surface area (Å²) in [6.07, 6.45) is 14.4. The maximum Gasteiger partial charge on any atom is 0.326 e. The number of nitrogens with zero attached hydrogens (tertiary/aromatic N) is 1. The summed E-state index contributed by atoms with van der Waals surface area (Å²) in [5, 5.41) is 35.2. The monoisotopic (exact) mass is 500 g/mol. The highest BCUT2D eigenvalue weighted by Gasteiger charge is 2.63. The van der Waals surface area contributed by atoms with Crippen molar-refractivity contribution < 1.29 is 34.5 Å². The summed E-state index contributed by atoms with van der Waals surface area (Å²) in [5.74, 6) is 0.754. The smallest absolute Gasteiger partial charge is 0.326 e. The highest BCUT2D eigenvalue weighted by molar-refractivity contribution is 5.96. The van der Waals surface area contributed by atoms with Gasteiger partial charge in [0.2, 0.25) is 0 Å². The molecule has 0 unspecified atom stereocenters. The second-order valence-electron chi connectivity index (χ2n) is 11.4. The highest BCUT2D eigenvalue weighted by Crippen LogP contribution is 2.67. The van der Waals surface area contributed by atoms with E-state index in [9.17, 15) is 19.5 Å². The number of allylic oxidation sites excluding steroid dienone is 2. The number of carbonyl (C=O) groups is 3. The molecule has 4 rings (SSSR count). The lowest BCUT2D eigenvalue weighted by atomic mass is 9.46. The van der Waals surface area contributed by atoms with Gasteiger partial charge in [-0.25, -0.2) is 4.79 Å². The molecule has 7 atom stereocenters. The van der Waals surface area contributed by atoms with Crippen molar-refractivity contribution in [3.8, 4) is 12.3 Å². The number of hydrogen-bond acceptors (Lipinski definition) is 6. The Labute approximate surface area is 211 Å². The third kappa shape index (κ3) is 4.40. The second kappa shape index (κ2) is 9.55.